The Bertz CT molecular complexity index is 853. The molecule has 1 aliphatic heterocycles. The van der Waals surface area contributed by atoms with Crippen LogP contribution in [0, 0.1) is 13.8 Å². The molecule has 3 heterocycles. The van der Waals surface area contributed by atoms with Crippen molar-refractivity contribution in [1.82, 2.24) is 34.7 Å². The first-order chi connectivity index (χ1) is 13.3. The van der Waals surface area contributed by atoms with Crippen molar-refractivity contribution < 1.29 is 9.59 Å². The second-order valence-electron chi connectivity index (χ2n) is 7.61. The van der Waals surface area contributed by atoms with Crippen molar-refractivity contribution in [3.63, 3.8) is 0 Å². The molecule has 1 fully saturated rings. The third-order valence-corrected chi connectivity index (χ3v) is 5.12. The third kappa shape index (κ3) is 4.64. The lowest BCUT2D eigenvalue weighted by Crippen LogP contribution is -2.51. The van der Waals surface area contributed by atoms with Gasteiger partial charge in [0.2, 0.25) is 11.8 Å². The lowest BCUT2D eigenvalue weighted by Gasteiger charge is -2.34. The van der Waals surface area contributed by atoms with Gasteiger partial charge in [0.15, 0.2) is 0 Å². The first-order valence-corrected chi connectivity index (χ1v) is 9.80. The van der Waals surface area contributed by atoms with E-state index in [4.69, 9.17) is 0 Å². The Labute approximate surface area is 165 Å². The lowest BCUT2D eigenvalue weighted by molar-refractivity contribution is -0.133. The fourth-order valence-electron chi connectivity index (χ4n) is 3.63. The van der Waals surface area contributed by atoms with Crippen LogP contribution in [0.25, 0.3) is 5.78 Å². The Balaban J connectivity index is 1.51. The molecule has 2 amide bonds. The van der Waals surface area contributed by atoms with Crippen LogP contribution in [-0.4, -0.2) is 80.0 Å². The zero-order valence-electron chi connectivity index (χ0n) is 17.1. The Morgan fingerprint density at radius 2 is 1.89 bits per heavy atom. The van der Waals surface area contributed by atoms with Gasteiger partial charge in [-0.3, -0.25) is 14.5 Å². The summed E-state index contributed by atoms with van der Waals surface area (Å²) in [4.78, 5) is 37.1. The van der Waals surface area contributed by atoms with Crippen LogP contribution in [0.4, 0.5) is 0 Å². The number of piperazine rings is 1. The monoisotopic (exact) mass is 387 g/mol. The van der Waals surface area contributed by atoms with Gasteiger partial charge in [0.25, 0.3) is 5.78 Å². The minimum atomic E-state index is 0.0386. The van der Waals surface area contributed by atoms with E-state index in [2.05, 4.69) is 25.3 Å². The molecule has 0 bridgehead atoms. The minimum absolute atomic E-state index is 0.0386. The van der Waals surface area contributed by atoms with Crippen molar-refractivity contribution in [2.45, 2.75) is 46.6 Å². The number of fused-ring (bicyclic) bond motifs is 1. The van der Waals surface area contributed by atoms with Gasteiger partial charge in [-0.2, -0.15) is 10.1 Å². The number of rotatable bonds is 6. The van der Waals surface area contributed by atoms with E-state index in [0.717, 1.165) is 30.0 Å². The first-order valence-electron chi connectivity index (χ1n) is 9.80. The summed E-state index contributed by atoms with van der Waals surface area (Å²) < 4.78 is 1.72. The van der Waals surface area contributed by atoms with Gasteiger partial charge in [0.1, 0.15) is 6.33 Å². The summed E-state index contributed by atoms with van der Waals surface area (Å²) >= 11 is 0. The molecule has 0 saturated carbocycles. The van der Waals surface area contributed by atoms with Gasteiger partial charge in [-0.1, -0.05) is 0 Å². The Hall–Kier alpha value is -2.55. The van der Waals surface area contributed by atoms with Gasteiger partial charge in [-0.25, -0.2) is 9.50 Å². The highest BCUT2D eigenvalue weighted by molar-refractivity contribution is 5.78. The summed E-state index contributed by atoms with van der Waals surface area (Å²) in [6.45, 7) is 11.0. The largest absolute Gasteiger partial charge is 0.353 e. The molecule has 1 saturated heterocycles. The van der Waals surface area contributed by atoms with Gasteiger partial charge in [-0.05, 0) is 39.7 Å². The van der Waals surface area contributed by atoms with Gasteiger partial charge in [-0.15, -0.1) is 0 Å². The molecular weight excluding hydrogens is 358 g/mol. The van der Waals surface area contributed by atoms with Crippen LogP contribution in [0.3, 0.4) is 0 Å². The lowest BCUT2D eigenvalue weighted by atomic mass is 10.1. The molecule has 152 valence electrons. The number of nitrogens with zero attached hydrogens (tertiary/aromatic N) is 6. The molecule has 9 nitrogen and oxygen atoms in total. The molecule has 0 aliphatic carbocycles. The maximum Gasteiger partial charge on any atom is 0.252 e. The summed E-state index contributed by atoms with van der Waals surface area (Å²) in [5.74, 6) is 0.767. The molecule has 2 aromatic rings. The molecule has 9 heteroatoms. The topological polar surface area (TPSA) is 95.7 Å². The van der Waals surface area contributed by atoms with Gasteiger partial charge in [0, 0.05) is 50.0 Å². The summed E-state index contributed by atoms with van der Waals surface area (Å²) in [7, 11) is 0. The number of carbonyl (C=O) groups is 2. The average Bonchev–Trinajstić information content (AvgIpc) is 3.09. The maximum absolute atomic E-state index is 12.7. The SMILES string of the molecule is Cc1nc2ncnn2c(C)c1CCC(=O)N1CCN(CC(=O)NC(C)C)CC1. The van der Waals surface area contributed by atoms with E-state index in [1.165, 1.54) is 6.33 Å². The van der Waals surface area contributed by atoms with Crippen molar-refractivity contribution in [3.8, 4) is 0 Å². The van der Waals surface area contributed by atoms with Crippen LogP contribution in [-0.2, 0) is 16.0 Å². The molecule has 28 heavy (non-hydrogen) atoms. The number of amides is 2. The molecule has 0 spiro atoms. The van der Waals surface area contributed by atoms with E-state index in [1.54, 1.807) is 4.52 Å². The number of carbonyl (C=O) groups excluding carboxylic acids is 2. The number of hydrogen-bond donors (Lipinski definition) is 1. The predicted molar refractivity (Wildman–Crippen MR) is 105 cm³/mol. The van der Waals surface area contributed by atoms with Crippen LogP contribution in [0.15, 0.2) is 6.33 Å². The fraction of sp³-hybridized carbons (Fsp3) is 0.632. The highest BCUT2D eigenvalue weighted by Gasteiger charge is 2.23. The van der Waals surface area contributed by atoms with Crippen molar-refractivity contribution >= 4 is 17.6 Å². The Morgan fingerprint density at radius 3 is 2.57 bits per heavy atom. The minimum Gasteiger partial charge on any atom is -0.353 e. The van der Waals surface area contributed by atoms with Crippen LogP contribution < -0.4 is 5.32 Å². The first kappa shape index (κ1) is 20.2. The van der Waals surface area contributed by atoms with Crippen molar-refractivity contribution in [1.29, 1.82) is 0 Å². The normalized spacial score (nSPS) is 15.4. The summed E-state index contributed by atoms with van der Waals surface area (Å²) in [6.07, 6.45) is 2.57. The Kier molecular flexibility index (Phi) is 6.23. The molecule has 2 aromatic heterocycles. The molecule has 0 atom stereocenters. The summed E-state index contributed by atoms with van der Waals surface area (Å²) in [5.41, 5.74) is 2.93. The quantitative estimate of drug-likeness (QED) is 0.768. The zero-order chi connectivity index (χ0) is 20.3. The molecular formula is C19H29N7O2. The number of aryl methyl sites for hydroxylation is 2. The molecule has 0 unspecified atom stereocenters. The molecule has 0 radical (unpaired) electrons. The fourth-order valence-corrected chi connectivity index (χ4v) is 3.63. The van der Waals surface area contributed by atoms with E-state index in [-0.39, 0.29) is 17.9 Å². The van der Waals surface area contributed by atoms with E-state index in [0.29, 0.717) is 38.3 Å². The molecule has 1 aliphatic rings. The molecule has 3 rings (SSSR count). The molecule has 0 aromatic carbocycles. The summed E-state index contributed by atoms with van der Waals surface area (Å²) in [5, 5.41) is 7.10. The van der Waals surface area contributed by atoms with Crippen LogP contribution in [0.1, 0.15) is 37.2 Å². The zero-order valence-corrected chi connectivity index (χ0v) is 17.1. The van der Waals surface area contributed by atoms with Crippen LogP contribution >= 0.6 is 0 Å². The van der Waals surface area contributed by atoms with Gasteiger partial charge >= 0.3 is 0 Å². The van der Waals surface area contributed by atoms with Crippen molar-refractivity contribution in [3.05, 3.63) is 23.3 Å². The van der Waals surface area contributed by atoms with E-state index in [9.17, 15) is 9.59 Å². The highest BCUT2D eigenvalue weighted by Crippen LogP contribution is 2.16. The Morgan fingerprint density at radius 1 is 1.18 bits per heavy atom. The highest BCUT2D eigenvalue weighted by atomic mass is 16.2. The van der Waals surface area contributed by atoms with E-state index >= 15 is 0 Å². The van der Waals surface area contributed by atoms with Crippen molar-refractivity contribution in [2.75, 3.05) is 32.7 Å². The number of nitrogens with one attached hydrogen (secondary N) is 1. The predicted octanol–water partition coefficient (Wildman–Crippen LogP) is 0.343. The number of aromatic nitrogens is 4. The maximum atomic E-state index is 12.7. The molecule has 1 N–H and O–H groups in total. The van der Waals surface area contributed by atoms with Crippen LogP contribution in [0.5, 0.6) is 0 Å². The number of hydrogen-bond acceptors (Lipinski definition) is 6. The van der Waals surface area contributed by atoms with Crippen molar-refractivity contribution in [2.24, 2.45) is 0 Å². The van der Waals surface area contributed by atoms with E-state index < -0.39 is 0 Å². The second-order valence-corrected chi connectivity index (χ2v) is 7.61. The van der Waals surface area contributed by atoms with E-state index in [1.807, 2.05) is 32.6 Å². The van der Waals surface area contributed by atoms with Gasteiger partial charge in [0.05, 0.1) is 6.54 Å². The average molecular weight is 387 g/mol. The van der Waals surface area contributed by atoms with Gasteiger partial charge < -0.3 is 10.2 Å². The second kappa shape index (κ2) is 8.64. The van der Waals surface area contributed by atoms with Crippen LogP contribution in [0.2, 0.25) is 0 Å². The standard InChI is InChI=1S/C19H29N7O2/c1-13(2)22-17(27)11-24-7-9-25(10-8-24)18(28)6-5-16-14(3)23-19-20-12-21-26(19)15(16)4/h12-13H,5-11H2,1-4H3,(H,22,27). The summed E-state index contributed by atoms with van der Waals surface area (Å²) in [6, 6.07) is 0.147. The third-order valence-electron chi connectivity index (χ3n) is 5.12. The smallest absolute Gasteiger partial charge is 0.252 e.